The van der Waals surface area contributed by atoms with E-state index in [0.29, 0.717) is 18.9 Å². The first-order valence-corrected chi connectivity index (χ1v) is 20.3. The number of nitrogens with one attached hydrogen (secondary N) is 5. The number of ether oxygens (including phenoxy) is 1. The summed E-state index contributed by atoms with van der Waals surface area (Å²) < 4.78 is 4.85. The Balaban J connectivity index is 1.04. The third-order valence-corrected chi connectivity index (χ3v) is 12.1. The summed E-state index contributed by atoms with van der Waals surface area (Å²) in [6.07, 6.45) is 6.08. The molecule has 1 unspecified atom stereocenters. The van der Waals surface area contributed by atoms with Crippen LogP contribution in [0.5, 0.6) is 0 Å². The molecule has 15 heteroatoms. The summed E-state index contributed by atoms with van der Waals surface area (Å²) in [6.45, 7) is 10.5. The summed E-state index contributed by atoms with van der Waals surface area (Å²) in [5.41, 5.74) is 5.71. The molecule has 4 atom stereocenters. The van der Waals surface area contributed by atoms with Gasteiger partial charge in [0.15, 0.2) is 0 Å². The molecule has 7 rings (SSSR count). The van der Waals surface area contributed by atoms with Crippen LogP contribution in [0.2, 0.25) is 0 Å². The number of carbonyl (C=O) groups excluding carboxylic acids is 3. The summed E-state index contributed by atoms with van der Waals surface area (Å²) >= 11 is 0. The number of imidazole rings is 2. The van der Waals surface area contributed by atoms with E-state index in [2.05, 4.69) is 67.3 Å². The summed E-state index contributed by atoms with van der Waals surface area (Å²) in [7, 11) is 1.30. The van der Waals surface area contributed by atoms with Crippen molar-refractivity contribution < 1.29 is 29.0 Å². The van der Waals surface area contributed by atoms with Gasteiger partial charge < -0.3 is 45.6 Å². The fraction of sp³-hybridized carbons (Fsp3) is 0.488. The second kappa shape index (κ2) is 17.0. The van der Waals surface area contributed by atoms with Gasteiger partial charge in [-0.25, -0.2) is 19.6 Å². The number of likely N-dealkylation sites (tertiary alicyclic amines) is 2. The van der Waals surface area contributed by atoms with Crippen molar-refractivity contribution in [3.8, 4) is 33.6 Å². The van der Waals surface area contributed by atoms with Gasteiger partial charge in [-0.05, 0) is 84.7 Å². The number of hydrogen-bond acceptors (Lipinski definition) is 8. The number of rotatable bonds is 11. The molecule has 6 N–H and O–H groups in total. The van der Waals surface area contributed by atoms with Crippen LogP contribution in [0.15, 0.2) is 60.9 Å². The van der Waals surface area contributed by atoms with Crippen molar-refractivity contribution in [1.29, 1.82) is 0 Å². The minimum atomic E-state index is -1.21. The zero-order chi connectivity index (χ0) is 41.1. The third-order valence-electron chi connectivity index (χ3n) is 12.1. The Labute approximate surface area is 338 Å². The van der Waals surface area contributed by atoms with Crippen LogP contribution >= 0.6 is 0 Å². The molecule has 0 bridgehead atoms. The Bertz CT molecular complexity index is 2090. The lowest BCUT2D eigenvalue weighted by Crippen LogP contribution is -2.51. The van der Waals surface area contributed by atoms with Crippen LogP contribution < -0.4 is 16.0 Å². The number of hydrogen-bond donors (Lipinski definition) is 6. The molecule has 15 nitrogen and oxygen atoms in total. The number of alkyl carbamates (subject to hydrolysis) is 1. The normalized spacial score (nSPS) is 20.1. The minimum absolute atomic E-state index is 0.0143. The van der Waals surface area contributed by atoms with Gasteiger partial charge in [0.2, 0.25) is 11.8 Å². The number of carboxylic acid groups (broad SMARTS) is 1. The molecule has 3 saturated heterocycles. The summed E-state index contributed by atoms with van der Waals surface area (Å²) in [6, 6.07) is 14.5. The maximum absolute atomic E-state index is 14.1. The smallest absolute Gasteiger partial charge is 0.407 e. The second-order valence-corrected chi connectivity index (χ2v) is 16.7. The molecular formula is C43H55N9O6. The fourth-order valence-electron chi connectivity index (χ4n) is 8.86. The van der Waals surface area contributed by atoms with E-state index < -0.39 is 24.3 Å². The standard InChI is InChI=1S/C43H55N9O6/c1-25(2)35(49-41(55)56)39(53)51-20-6-7-33(51)37-45-22-31(47-37)29-12-8-27(9-13-29)28-10-14-30(15-11-28)32-23-46-38(48-32)34-21-43(16-18-44-19-17-43)24-52(34)40(54)36(26(3)4)50-42(57)58-5/h8-15,22-23,25-26,33-36,44,49H,6-7,16-21,24H2,1-5H3,(H,45,47)(H,46,48)(H,50,57)(H,55,56)/t33-,34?,35-,36-/m0/s1. The van der Waals surface area contributed by atoms with E-state index in [1.165, 1.54) is 7.11 Å². The van der Waals surface area contributed by atoms with Crippen LogP contribution in [0.4, 0.5) is 9.59 Å². The van der Waals surface area contributed by atoms with Gasteiger partial charge in [-0.3, -0.25) is 9.59 Å². The lowest BCUT2D eigenvalue weighted by atomic mass is 9.77. The molecule has 0 aliphatic carbocycles. The Morgan fingerprint density at radius 3 is 1.78 bits per heavy atom. The second-order valence-electron chi connectivity index (χ2n) is 16.7. The molecule has 3 aliphatic rings. The molecule has 308 valence electrons. The van der Waals surface area contributed by atoms with Gasteiger partial charge in [-0.15, -0.1) is 0 Å². The monoisotopic (exact) mass is 793 g/mol. The topological polar surface area (TPSA) is 198 Å². The maximum atomic E-state index is 14.1. The van der Waals surface area contributed by atoms with Gasteiger partial charge >= 0.3 is 12.2 Å². The highest BCUT2D eigenvalue weighted by Gasteiger charge is 2.49. The van der Waals surface area contributed by atoms with E-state index >= 15 is 0 Å². The largest absolute Gasteiger partial charge is 0.465 e. The molecule has 3 fully saturated rings. The molecule has 58 heavy (non-hydrogen) atoms. The number of amides is 4. The van der Waals surface area contributed by atoms with E-state index in [-0.39, 0.29) is 41.1 Å². The third kappa shape index (κ3) is 8.45. The number of carbonyl (C=O) groups is 4. The minimum Gasteiger partial charge on any atom is -0.465 e. The van der Waals surface area contributed by atoms with E-state index in [4.69, 9.17) is 9.72 Å². The van der Waals surface area contributed by atoms with Crippen LogP contribution in [-0.2, 0) is 14.3 Å². The van der Waals surface area contributed by atoms with E-state index in [0.717, 1.165) is 84.7 Å². The SMILES string of the molecule is COC(=O)N[C@H](C(=O)N1CC2(CCNCC2)CC1c1ncc(-c2ccc(-c3ccc(-c4cnc([C@@H]5CCCN5C(=O)[C@@H](NC(=O)O)C(C)C)[nH]4)cc3)cc2)[nH]1)C(C)C. The van der Waals surface area contributed by atoms with Crippen LogP contribution in [0.1, 0.15) is 83.5 Å². The zero-order valence-electron chi connectivity index (χ0n) is 33.9. The number of nitrogens with zero attached hydrogens (tertiary/aromatic N) is 4. The fourth-order valence-corrected chi connectivity index (χ4v) is 8.86. The molecule has 2 aromatic carbocycles. The summed E-state index contributed by atoms with van der Waals surface area (Å²) in [5.74, 6) is 0.758. The molecule has 4 aromatic rings. The van der Waals surface area contributed by atoms with Crippen LogP contribution in [0.25, 0.3) is 33.6 Å². The van der Waals surface area contributed by atoms with Gasteiger partial charge in [0.05, 0.1) is 43.0 Å². The highest BCUT2D eigenvalue weighted by Crippen LogP contribution is 2.48. The van der Waals surface area contributed by atoms with Crippen molar-refractivity contribution in [2.75, 3.05) is 33.3 Å². The first kappa shape index (κ1) is 40.5. The predicted molar refractivity (Wildman–Crippen MR) is 218 cm³/mol. The first-order chi connectivity index (χ1) is 27.9. The summed E-state index contributed by atoms with van der Waals surface area (Å²) in [4.78, 5) is 71.2. The number of aromatic nitrogens is 4. The van der Waals surface area contributed by atoms with Crippen molar-refractivity contribution in [2.24, 2.45) is 17.3 Å². The molecule has 0 radical (unpaired) electrons. The highest BCUT2D eigenvalue weighted by atomic mass is 16.5. The number of methoxy groups -OCH3 is 1. The van der Waals surface area contributed by atoms with Crippen molar-refractivity contribution in [1.82, 2.24) is 45.7 Å². The number of benzene rings is 2. The van der Waals surface area contributed by atoms with Crippen molar-refractivity contribution in [3.63, 3.8) is 0 Å². The molecule has 4 amide bonds. The summed E-state index contributed by atoms with van der Waals surface area (Å²) in [5, 5.41) is 17.9. The van der Waals surface area contributed by atoms with Crippen LogP contribution in [-0.4, -0.2) is 104 Å². The highest BCUT2D eigenvalue weighted by molar-refractivity contribution is 5.87. The Morgan fingerprint density at radius 1 is 0.759 bits per heavy atom. The van der Waals surface area contributed by atoms with E-state index in [9.17, 15) is 24.3 Å². The van der Waals surface area contributed by atoms with Gasteiger partial charge in [0, 0.05) is 13.1 Å². The molecule has 1 spiro atoms. The van der Waals surface area contributed by atoms with Crippen molar-refractivity contribution in [3.05, 3.63) is 72.6 Å². The van der Waals surface area contributed by atoms with Gasteiger partial charge in [0.1, 0.15) is 23.7 Å². The van der Waals surface area contributed by atoms with Crippen molar-refractivity contribution >= 4 is 24.0 Å². The zero-order valence-corrected chi connectivity index (χ0v) is 33.9. The lowest BCUT2D eigenvalue weighted by Gasteiger charge is -2.34. The Hall–Kier alpha value is -5.70. The van der Waals surface area contributed by atoms with Gasteiger partial charge in [0.25, 0.3) is 0 Å². The average Bonchev–Trinajstić information content (AvgIpc) is 4.05. The Morgan fingerprint density at radius 2 is 1.26 bits per heavy atom. The number of aromatic amines is 2. The molecule has 0 saturated carbocycles. The van der Waals surface area contributed by atoms with Gasteiger partial charge in [-0.1, -0.05) is 76.2 Å². The quantitative estimate of drug-likeness (QED) is 0.104. The maximum Gasteiger partial charge on any atom is 0.407 e. The van der Waals surface area contributed by atoms with E-state index in [1.807, 2.05) is 50.9 Å². The first-order valence-electron chi connectivity index (χ1n) is 20.3. The molecule has 3 aliphatic heterocycles. The lowest BCUT2D eigenvalue weighted by molar-refractivity contribution is -0.136. The molecule has 2 aromatic heterocycles. The molecular weight excluding hydrogens is 739 g/mol. The number of piperidine rings is 1. The van der Waals surface area contributed by atoms with Gasteiger partial charge in [-0.2, -0.15) is 0 Å². The van der Waals surface area contributed by atoms with Crippen molar-refractivity contribution in [2.45, 2.75) is 84.0 Å². The van der Waals surface area contributed by atoms with Crippen LogP contribution in [0.3, 0.4) is 0 Å². The van der Waals surface area contributed by atoms with E-state index in [1.54, 1.807) is 11.1 Å². The molecule has 5 heterocycles. The number of H-pyrrole nitrogens is 2. The van der Waals surface area contributed by atoms with Crippen LogP contribution in [0, 0.1) is 17.3 Å². The average molecular weight is 794 g/mol. The Kier molecular flexibility index (Phi) is 11.9. The predicted octanol–water partition coefficient (Wildman–Crippen LogP) is 6.11.